The van der Waals surface area contributed by atoms with Gasteiger partial charge in [0.05, 0.1) is 16.9 Å². The van der Waals surface area contributed by atoms with Gasteiger partial charge in [-0.3, -0.25) is 4.79 Å². The lowest BCUT2D eigenvalue weighted by atomic mass is 10.1. The molecule has 34 heavy (non-hydrogen) atoms. The smallest absolute Gasteiger partial charge is 0.424 e. The molecular formula is C28H18FNO4. The maximum Gasteiger partial charge on any atom is 0.424 e. The minimum atomic E-state index is -0.614. The largest absolute Gasteiger partial charge is 0.452 e. The molecule has 5 rings (SSSR count). The van der Waals surface area contributed by atoms with Gasteiger partial charge < -0.3 is 9.47 Å². The summed E-state index contributed by atoms with van der Waals surface area (Å²) in [7, 11) is 0. The predicted molar refractivity (Wildman–Crippen MR) is 127 cm³/mol. The molecule has 0 fully saturated rings. The van der Waals surface area contributed by atoms with Gasteiger partial charge in [0.15, 0.2) is 5.76 Å². The average Bonchev–Trinajstić information content (AvgIpc) is 3.15. The van der Waals surface area contributed by atoms with Gasteiger partial charge in [-0.15, -0.1) is 0 Å². The van der Waals surface area contributed by atoms with Crippen LogP contribution in [0.3, 0.4) is 0 Å². The molecule has 0 aliphatic carbocycles. The monoisotopic (exact) mass is 451 g/mol. The van der Waals surface area contributed by atoms with E-state index in [9.17, 15) is 14.0 Å². The van der Waals surface area contributed by atoms with Crippen molar-refractivity contribution < 1.29 is 23.5 Å². The van der Waals surface area contributed by atoms with Crippen molar-refractivity contribution in [2.75, 3.05) is 4.90 Å². The van der Waals surface area contributed by atoms with E-state index in [-0.39, 0.29) is 23.0 Å². The van der Waals surface area contributed by atoms with Crippen molar-refractivity contribution in [1.29, 1.82) is 0 Å². The van der Waals surface area contributed by atoms with Crippen LogP contribution in [0.1, 0.15) is 15.9 Å². The predicted octanol–water partition coefficient (Wildman–Crippen LogP) is 6.78. The van der Waals surface area contributed by atoms with Gasteiger partial charge in [0.1, 0.15) is 17.3 Å². The van der Waals surface area contributed by atoms with Crippen LogP contribution in [0, 0.1) is 5.82 Å². The van der Waals surface area contributed by atoms with E-state index in [2.05, 4.69) is 0 Å². The van der Waals surface area contributed by atoms with Gasteiger partial charge in [-0.05, 0) is 60.2 Å². The lowest BCUT2D eigenvalue weighted by Crippen LogP contribution is -2.29. The van der Waals surface area contributed by atoms with Gasteiger partial charge in [-0.1, -0.05) is 48.5 Å². The second-order valence-electron chi connectivity index (χ2n) is 7.53. The molecule has 0 saturated carbocycles. The van der Waals surface area contributed by atoms with Crippen molar-refractivity contribution in [3.63, 3.8) is 0 Å². The number of allylic oxidation sites excluding steroid dienone is 1. The topological polar surface area (TPSA) is 55.8 Å². The molecule has 0 atom stereocenters. The Morgan fingerprint density at radius 1 is 0.824 bits per heavy atom. The number of hydrogen-bond acceptors (Lipinski definition) is 4. The number of ketones is 1. The molecule has 1 amide bonds. The van der Waals surface area contributed by atoms with Gasteiger partial charge in [-0.2, -0.15) is 0 Å². The Balaban J connectivity index is 1.40. The van der Waals surface area contributed by atoms with Crippen LogP contribution in [0.4, 0.5) is 20.6 Å². The van der Waals surface area contributed by atoms with Crippen LogP contribution in [0.5, 0.6) is 11.5 Å². The quantitative estimate of drug-likeness (QED) is 0.321. The van der Waals surface area contributed by atoms with Gasteiger partial charge in [0.2, 0.25) is 5.78 Å². The zero-order valence-corrected chi connectivity index (χ0v) is 17.9. The molecule has 1 heterocycles. The van der Waals surface area contributed by atoms with Crippen molar-refractivity contribution in [3.05, 3.63) is 126 Å². The number of benzene rings is 4. The van der Waals surface area contributed by atoms with Crippen LogP contribution >= 0.6 is 0 Å². The van der Waals surface area contributed by atoms with E-state index in [1.807, 2.05) is 60.7 Å². The molecular weight excluding hydrogens is 433 g/mol. The Kier molecular flexibility index (Phi) is 5.62. The third-order valence-electron chi connectivity index (χ3n) is 5.20. The van der Waals surface area contributed by atoms with Crippen LogP contribution in [0.15, 0.2) is 109 Å². The van der Waals surface area contributed by atoms with E-state index < -0.39 is 11.9 Å². The number of carbonyl (C=O) groups excluding carboxylic acids is 2. The molecule has 6 heteroatoms. The number of rotatable bonds is 4. The first kappa shape index (κ1) is 21.2. The summed E-state index contributed by atoms with van der Waals surface area (Å²) in [6.45, 7) is 0. The highest BCUT2D eigenvalue weighted by atomic mass is 19.1. The highest BCUT2D eigenvalue weighted by Crippen LogP contribution is 2.35. The Hall–Kier alpha value is -4.71. The highest BCUT2D eigenvalue weighted by molar-refractivity contribution is 6.14. The number of anilines is 2. The zero-order chi connectivity index (χ0) is 23.5. The van der Waals surface area contributed by atoms with E-state index in [1.165, 1.54) is 35.2 Å². The summed E-state index contributed by atoms with van der Waals surface area (Å²) < 4.78 is 24.8. The summed E-state index contributed by atoms with van der Waals surface area (Å²) in [6.07, 6.45) is 0.862. The Labute approximate surface area is 195 Å². The first-order chi connectivity index (χ1) is 16.6. The number of amides is 1. The number of para-hydroxylation sites is 2. The normalized spacial score (nSPS) is 13.3. The van der Waals surface area contributed by atoms with Crippen LogP contribution in [0.25, 0.3) is 6.08 Å². The maximum absolute atomic E-state index is 13.5. The number of hydrogen-bond donors (Lipinski definition) is 0. The second-order valence-corrected chi connectivity index (χ2v) is 7.53. The molecule has 5 nitrogen and oxygen atoms in total. The third-order valence-corrected chi connectivity index (χ3v) is 5.20. The van der Waals surface area contributed by atoms with Crippen LogP contribution in [-0.2, 0) is 0 Å². The SMILES string of the molecule is O=C1C(=Cc2cccc(F)c2)Oc2cc(OC(=O)N(c3ccccc3)c3ccccc3)ccc21. The fraction of sp³-hybridized carbons (Fsp3) is 0. The number of ether oxygens (including phenoxy) is 2. The molecule has 0 unspecified atom stereocenters. The molecule has 0 saturated heterocycles. The van der Waals surface area contributed by atoms with E-state index >= 15 is 0 Å². The maximum atomic E-state index is 13.5. The molecule has 4 aromatic rings. The summed E-state index contributed by atoms with van der Waals surface area (Å²) in [6, 6.07) is 28.7. The van der Waals surface area contributed by atoms with Crippen molar-refractivity contribution in [2.24, 2.45) is 0 Å². The number of nitrogens with zero attached hydrogens (tertiary/aromatic N) is 1. The van der Waals surface area contributed by atoms with Gasteiger partial charge in [0, 0.05) is 6.07 Å². The summed E-state index contributed by atoms with van der Waals surface area (Å²) >= 11 is 0. The minimum absolute atomic E-state index is 0.0688. The van der Waals surface area contributed by atoms with Gasteiger partial charge in [-0.25, -0.2) is 14.1 Å². The fourth-order valence-corrected chi connectivity index (χ4v) is 3.64. The molecule has 166 valence electrons. The zero-order valence-electron chi connectivity index (χ0n) is 17.9. The first-order valence-electron chi connectivity index (χ1n) is 10.5. The van der Waals surface area contributed by atoms with Crippen molar-refractivity contribution >= 4 is 29.3 Å². The lowest BCUT2D eigenvalue weighted by molar-refractivity contribution is 0.101. The summed E-state index contributed by atoms with van der Waals surface area (Å²) in [5.74, 6) is -0.177. The van der Waals surface area contributed by atoms with Crippen molar-refractivity contribution in [1.82, 2.24) is 0 Å². The van der Waals surface area contributed by atoms with Crippen LogP contribution < -0.4 is 14.4 Å². The Morgan fingerprint density at radius 3 is 2.15 bits per heavy atom. The average molecular weight is 451 g/mol. The Morgan fingerprint density at radius 2 is 1.50 bits per heavy atom. The number of halogens is 1. The van der Waals surface area contributed by atoms with Crippen molar-refractivity contribution in [2.45, 2.75) is 0 Å². The standard InChI is InChI=1S/C28H18FNO4/c29-20-9-7-8-19(16-20)17-26-27(31)24-15-14-23(18-25(24)34-26)33-28(32)30(21-10-3-1-4-11-21)22-12-5-2-6-13-22/h1-18H. The molecule has 0 spiro atoms. The molecule has 0 aromatic heterocycles. The summed E-state index contributed by atoms with van der Waals surface area (Å²) in [5, 5.41) is 0. The van der Waals surface area contributed by atoms with Crippen LogP contribution in [-0.4, -0.2) is 11.9 Å². The summed E-state index contributed by atoms with van der Waals surface area (Å²) in [4.78, 5) is 27.3. The molecule has 1 aliphatic heterocycles. The van der Waals surface area contributed by atoms with Gasteiger partial charge in [0.25, 0.3) is 0 Å². The van der Waals surface area contributed by atoms with E-state index in [0.717, 1.165) is 0 Å². The Bertz CT molecular complexity index is 1360. The third kappa shape index (κ3) is 4.29. The van der Waals surface area contributed by atoms with Crippen LogP contribution in [0.2, 0.25) is 0 Å². The van der Waals surface area contributed by atoms with E-state index in [0.29, 0.717) is 22.5 Å². The van der Waals surface area contributed by atoms with Crippen molar-refractivity contribution in [3.8, 4) is 11.5 Å². The minimum Gasteiger partial charge on any atom is -0.452 e. The number of carbonyl (C=O) groups is 2. The fourth-order valence-electron chi connectivity index (χ4n) is 3.64. The highest BCUT2D eigenvalue weighted by Gasteiger charge is 2.28. The molecule has 1 aliphatic rings. The molecule has 0 radical (unpaired) electrons. The van der Waals surface area contributed by atoms with E-state index in [1.54, 1.807) is 18.2 Å². The molecule has 4 aromatic carbocycles. The lowest BCUT2D eigenvalue weighted by Gasteiger charge is -2.22. The summed E-state index contributed by atoms with van der Waals surface area (Å²) in [5.41, 5.74) is 2.13. The number of Topliss-reactive ketones (excluding diaryl/α,β-unsaturated/α-hetero) is 1. The molecule has 0 N–H and O–H groups in total. The number of fused-ring (bicyclic) bond motifs is 1. The molecule has 0 bridgehead atoms. The second kappa shape index (κ2) is 9.03. The van der Waals surface area contributed by atoms with Gasteiger partial charge >= 0.3 is 6.09 Å². The first-order valence-corrected chi connectivity index (χ1v) is 10.5. The van der Waals surface area contributed by atoms with E-state index in [4.69, 9.17) is 9.47 Å².